The van der Waals surface area contributed by atoms with E-state index in [-0.39, 0.29) is 0 Å². The highest BCUT2D eigenvalue weighted by molar-refractivity contribution is 7.99. The quantitative estimate of drug-likeness (QED) is 0.538. The van der Waals surface area contributed by atoms with Crippen LogP contribution in [0.2, 0.25) is 0 Å². The Labute approximate surface area is 190 Å². The smallest absolute Gasteiger partial charge is 0.138 e. The van der Waals surface area contributed by atoms with Gasteiger partial charge in [-0.3, -0.25) is 4.98 Å². The first-order valence-corrected chi connectivity index (χ1v) is 11.8. The molecule has 2 aromatic rings. The Bertz CT molecular complexity index is 982. The summed E-state index contributed by atoms with van der Waals surface area (Å²) in [7, 11) is 0. The van der Waals surface area contributed by atoms with Gasteiger partial charge in [0.2, 0.25) is 0 Å². The molecular weight excluding hydrogens is 430 g/mol. The van der Waals surface area contributed by atoms with Crippen LogP contribution in [0.3, 0.4) is 0 Å². The highest BCUT2D eigenvalue weighted by Gasteiger charge is 2.44. The molecule has 3 heterocycles. The molecule has 2 aromatic heterocycles. The summed E-state index contributed by atoms with van der Waals surface area (Å²) >= 11 is 1.04. The lowest BCUT2D eigenvalue weighted by atomic mass is 9.89. The van der Waals surface area contributed by atoms with E-state index in [1.54, 1.807) is 12.4 Å². The number of hydrogen-bond acceptors (Lipinski definition) is 9. The number of pyridine rings is 2. The molecular formula is C23H27N3O5S. The molecule has 1 aliphatic carbocycles. The maximum absolute atomic E-state index is 10.5. The maximum atomic E-state index is 10.5. The minimum Gasteiger partial charge on any atom is -0.394 e. The van der Waals surface area contributed by atoms with Crippen molar-refractivity contribution in [3.8, 4) is 17.2 Å². The molecule has 8 nitrogen and oxygen atoms in total. The number of thioether (sulfide) groups is 1. The molecule has 1 aliphatic heterocycles. The molecule has 2 aliphatic rings. The van der Waals surface area contributed by atoms with Gasteiger partial charge >= 0.3 is 0 Å². The number of aromatic nitrogens is 2. The fraction of sp³-hybridized carbons (Fsp3) is 0.522. The van der Waals surface area contributed by atoms with Crippen LogP contribution >= 0.6 is 11.8 Å². The minimum absolute atomic E-state index is 0.387. The first-order chi connectivity index (χ1) is 15.5. The van der Waals surface area contributed by atoms with Crippen molar-refractivity contribution in [3.63, 3.8) is 0 Å². The van der Waals surface area contributed by atoms with Gasteiger partial charge in [-0.1, -0.05) is 24.6 Å². The van der Waals surface area contributed by atoms with Crippen LogP contribution in [0.4, 0.5) is 0 Å². The minimum atomic E-state index is -1.48. The zero-order chi connectivity index (χ0) is 22.7. The normalized spacial score (nSPS) is 28.3. The largest absolute Gasteiger partial charge is 0.394 e. The van der Waals surface area contributed by atoms with E-state index >= 15 is 0 Å². The molecule has 0 bridgehead atoms. The molecule has 0 amide bonds. The molecule has 4 N–H and O–H groups in total. The first kappa shape index (κ1) is 23.1. The third kappa shape index (κ3) is 4.53. The van der Waals surface area contributed by atoms with Crippen LogP contribution in [0.25, 0.3) is 11.1 Å². The second-order valence-electron chi connectivity index (χ2n) is 8.17. The van der Waals surface area contributed by atoms with Crippen molar-refractivity contribution < 1.29 is 25.2 Å². The molecule has 4 rings (SSSR count). The lowest BCUT2D eigenvalue weighted by Crippen LogP contribution is -2.57. The highest BCUT2D eigenvalue weighted by atomic mass is 32.2. The van der Waals surface area contributed by atoms with Crippen LogP contribution in [0, 0.1) is 11.3 Å². The van der Waals surface area contributed by atoms with E-state index in [1.807, 2.05) is 12.1 Å². The van der Waals surface area contributed by atoms with E-state index in [9.17, 15) is 25.7 Å². The fourth-order valence-corrected chi connectivity index (χ4v) is 5.52. The van der Waals surface area contributed by atoms with Crippen molar-refractivity contribution in [3.05, 3.63) is 41.3 Å². The Hall–Kier alpha value is -2.06. The van der Waals surface area contributed by atoms with Gasteiger partial charge in [0.25, 0.3) is 0 Å². The van der Waals surface area contributed by atoms with Gasteiger partial charge in [-0.05, 0) is 48.9 Å². The Morgan fingerprint density at radius 2 is 1.75 bits per heavy atom. The summed E-state index contributed by atoms with van der Waals surface area (Å²) in [6, 6.07) is 6.04. The van der Waals surface area contributed by atoms with Crippen LogP contribution in [0.5, 0.6) is 0 Å². The Morgan fingerprint density at radius 3 is 2.44 bits per heavy atom. The number of nitriles is 1. The van der Waals surface area contributed by atoms with Gasteiger partial charge in [-0.15, -0.1) is 0 Å². The molecule has 0 aromatic carbocycles. The predicted octanol–water partition coefficient (Wildman–Crippen LogP) is 1.57. The summed E-state index contributed by atoms with van der Waals surface area (Å²) < 4.78 is 5.66. The van der Waals surface area contributed by atoms with Crippen LogP contribution in [0.15, 0.2) is 29.6 Å². The number of aliphatic hydroxyl groups excluding tert-OH is 4. The van der Waals surface area contributed by atoms with Crippen LogP contribution in [0.1, 0.15) is 42.5 Å². The van der Waals surface area contributed by atoms with E-state index in [4.69, 9.17) is 9.72 Å². The summed E-state index contributed by atoms with van der Waals surface area (Å²) in [5.74, 6) is 0. The maximum Gasteiger partial charge on any atom is 0.138 e. The van der Waals surface area contributed by atoms with Crippen LogP contribution in [-0.4, -0.2) is 66.9 Å². The van der Waals surface area contributed by atoms with Crippen molar-refractivity contribution >= 4 is 11.8 Å². The number of hydrogen-bond donors (Lipinski definition) is 4. The number of aliphatic hydroxyl groups is 4. The number of ether oxygens (including phenoxy) is 1. The molecule has 0 unspecified atom stereocenters. The average Bonchev–Trinajstić information content (AvgIpc) is 2.80. The molecule has 32 heavy (non-hydrogen) atoms. The lowest BCUT2D eigenvalue weighted by molar-refractivity contribution is -0.205. The monoisotopic (exact) mass is 457 g/mol. The molecule has 170 valence electrons. The molecule has 1 saturated heterocycles. The van der Waals surface area contributed by atoms with E-state index in [0.29, 0.717) is 10.6 Å². The fourth-order valence-electron chi connectivity index (χ4n) is 4.37. The van der Waals surface area contributed by atoms with Crippen molar-refractivity contribution in [1.29, 1.82) is 5.26 Å². The average molecular weight is 458 g/mol. The summed E-state index contributed by atoms with van der Waals surface area (Å²) in [5.41, 5.74) is 3.10. The zero-order valence-electron chi connectivity index (χ0n) is 17.6. The number of fused-ring (bicyclic) bond motifs is 1. The molecule has 5 atom stereocenters. The van der Waals surface area contributed by atoms with E-state index in [2.05, 4.69) is 11.1 Å². The van der Waals surface area contributed by atoms with Gasteiger partial charge in [0.05, 0.1) is 12.2 Å². The molecule has 0 saturated carbocycles. The highest BCUT2D eigenvalue weighted by Crippen LogP contribution is 2.40. The van der Waals surface area contributed by atoms with Crippen LogP contribution < -0.4 is 0 Å². The Morgan fingerprint density at radius 1 is 1.03 bits per heavy atom. The third-order valence-electron chi connectivity index (χ3n) is 6.10. The lowest BCUT2D eigenvalue weighted by Gasteiger charge is -2.39. The summed E-state index contributed by atoms with van der Waals surface area (Å²) in [6.07, 6.45) is 3.97. The number of rotatable bonds is 4. The summed E-state index contributed by atoms with van der Waals surface area (Å²) in [5, 5.41) is 50.8. The number of aryl methyl sites for hydroxylation is 1. The second-order valence-corrected chi connectivity index (χ2v) is 9.26. The second kappa shape index (κ2) is 10.3. The van der Waals surface area contributed by atoms with Gasteiger partial charge in [-0.25, -0.2) is 4.98 Å². The molecule has 0 radical (unpaired) electrons. The van der Waals surface area contributed by atoms with Gasteiger partial charge in [0.15, 0.2) is 0 Å². The van der Waals surface area contributed by atoms with Crippen molar-refractivity contribution in [1.82, 2.24) is 9.97 Å². The Kier molecular flexibility index (Phi) is 7.40. The zero-order valence-corrected chi connectivity index (χ0v) is 18.4. The van der Waals surface area contributed by atoms with Gasteiger partial charge in [-0.2, -0.15) is 5.26 Å². The molecule has 9 heteroatoms. The predicted molar refractivity (Wildman–Crippen MR) is 118 cm³/mol. The SMILES string of the molecule is N#Cc1c(S[C@@H]2O[C@H](CO)[C@@H](O)[C@H](O)[C@H]2O)nc2c(c1-c1ccncc1)CCCCCC2. The van der Waals surface area contributed by atoms with Crippen molar-refractivity contribution in [2.75, 3.05) is 6.61 Å². The first-order valence-electron chi connectivity index (χ1n) is 10.9. The van der Waals surface area contributed by atoms with Crippen LogP contribution in [-0.2, 0) is 17.6 Å². The van der Waals surface area contributed by atoms with E-state index < -0.39 is 36.5 Å². The van der Waals surface area contributed by atoms with E-state index in [1.165, 1.54) is 0 Å². The van der Waals surface area contributed by atoms with E-state index in [0.717, 1.165) is 72.7 Å². The van der Waals surface area contributed by atoms with Gasteiger partial charge < -0.3 is 25.2 Å². The molecule has 0 spiro atoms. The third-order valence-corrected chi connectivity index (χ3v) is 7.24. The van der Waals surface area contributed by atoms with Gasteiger partial charge in [0.1, 0.15) is 40.9 Å². The molecule has 1 fully saturated rings. The topological polar surface area (TPSA) is 140 Å². The number of nitrogens with zero attached hydrogens (tertiary/aromatic N) is 3. The van der Waals surface area contributed by atoms with Crippen molar-refractivity contribution in [2.45, 2.75) is 73.4 Å². The van der Waals surface area contributed by atoms with Crippen molar-refractivity contribution in [2.24, 2.45) is 0 Å². The summed E-state index contributed by atoms with van der Waals surface area (Å²) in [6.45, 7) is -0.507. The summed E-state index contributed by atoms with van der Waals surface area (Å²) in [4.78, 5) is 8.92. The standard InChI is InChI=1S/C23H27N3O5S/c24-11-15-18(13-7-9-25-10-8-13)14-5-3-1-2-4-6-16(14)26-22(15)32-23-21(30)20(29)19(28)17(12-27)31-23/h7-10,17,19-21,23,27-30H,1-6,12H2/t17-,19-,20+,21-,23+/m1/s1. The van der Waals surface area contributed by atoms with Gasteiger partial charge in [0, 0.05) is 23.7 Å². The Balaban J connectivity index is 1.80.